The summed E-state index contributed by atoms with van der Waals surface area (Å²) in [5.74, 6) is 0.197. The summed E-state index contributed by atoms with van der Waals surface area (Å²) in [6.45, 7) is 4.93. The normalized spacial score (nSPS) is 24.4. The van der Waals surface area contributed by atoms with Gasteiger partial charge in [-0.05, 0) is 43.7 Å². The van der Waals surface area contributed by atoms with Gasteiger partial charge >= 0.3 is 0 Å². The monoisotopic (exact) mass is 278 g/mol. The van der Waals surface area contributed by atoms with Gasteiger partial charge in [0.25, 0.3) is 0 Å². The predicted molar refractivity (Wildman–Crippen MR) is 76.8 cm³/mol. The molecule has 19 heavy (non-hydrogen) atoms. The number of carbonyl (C=O) groups is 1. The third kappa shape index (κ3) is 2.99. The van der Waals surface area contributed by atoms with Crippen LogP contribution in [0.5, 0.6) is 0 Å². The first-order valence-electron chi connectivity index (χ1n) is 6.97. The Bertz CT molecular complexity index is 460. The number of benzene rings is 1. The lowest BCUT2D eigenvalue weighted by molar-refractivity contribution is 0.0784. The van der Waals surface area contributed by atoms with Crippen LogP contribution in [0, 0.1) is 0 Å². The Balaban J connectivity index is 1.59. The summed E-state index contributed by atoms with van der Waals surface area (Å²) in [6.07, 6.45) is 2.59. The molecule has 4 heteroatoms. The van der Waals surface area contributed by atoms with Gasteiger partial charge in [0.2, 0.25) is 0 Å². The smallest absolute Gasteiger partial charge is 0.176 e. The molecule has 1 aromatic carbocycles. The van der Waals surface area contributed by atoms with E-state index < -0.39 is 0 Å². The molecule has 3 nitrogen and oxygen atoms in total. The van der Waals surface area contributed by atoms with Crippen LogP contribution >= 0.6 is 11.6 Å². The van der Waals surface area contributed by atoms with Crippen molar-refractivity contribution < 1.29 is 4.79 Å². The van der Waals surface area contributed by atoms with Gasteiger partial charge in [-0.1, -0.05) is 11.6 Å². The lowest BCUT2D eigenvalue weighted by atomic mass is 10.1. The fourth-order valence-electron chi connectivity index (χ4n) is 3.13. The van der Waals surface area contributed by atoms with Crippen LogP contribution in [0.1, 0.15) is 23.2 Å². The number of ketones is 1. The van der Waals surface area contributed by atoms with Crippen molar-refractivity contribution in [3.05, 3.63) is 34.9 Å². The summed E-state index contributed by atoms with van der Waals surface area (Å²) in [6, 6.07) is 7.87. The maximum atomic E-state index is 12.2. The van der Waals surface area contributed by atoms with E-state index in [1.54, 1.807) is 12.1 Å². The lowest BCUT2D eigenvalue weighted by Gasteiger charge is -2.37. The molecule has 0 spiro atoms. The Morgan fingerprint density at radius 2 is 2.00 bits per heavy atom. The van der Waals surface area contributed by atoms with Crippen molar-refractivity contribution >= 4 is 17.4 Å². The van der Waals surface area contributed by atoms with Crippen LogP contribution < -0.4 is 0 Å². The maximum absolute atomic E-state index is 12.2. The Morgan fingerprint density at radius 3 is 2.79 bits per heavy atom. The second-order valence-corrected chi connectivity index (χ2v) is 5.93. The molecule has 1 atom stereocenters. The van der Waals surface area contributed by atoms with Gasteiger partial charge in [0.05, 0.1) is 6.54 Å². The van der Waals surface area contributed by atoms with E-state index >= 15 is 0 Å². The molecule has 2 fully saturated rings. The molecule has 0 saturated carbocycles. The molecule has 3 rings (SSSR count). The Morgan fingerprint density at radius 1 is 1.21 bits per heavy atom. The zero-order valence-electron chi connectivity index (χ0n) is 11.0. The van der Waals surface area contributed by atoms with E-state index in [9.17, 15) is 4.79 Å². The van der Waals surface area contributed by atoms with Gasteiger partial charge in [-0.15, -0.1) is 0 Å². The Hall–Kier alpha value is -0.900. The first kappa shape index (κ1) is 13.1. The lowest BCUT2D eigenvalue weighted by Crippen LogP contribution is -2.51. The number of piperazine rings is 1. The minimum Gasteiger partial charge on any atom is -0.298 e. The number of hydrogen-bond acceptors (Lipinski definition) is 3. The van der Waals surface area contributed by atoms with E-state index in [0.717, 1.165) is 25.2 Å². The third-order valence-electron chi connectivity index (χ3n) is 4.20. The third-order valence-corrected chi connectivity index (χ3v) is 4.46. The number of rotatable bonds is 3. The highest BCUT2D eigenvalue weighted by atomic mass is 35.5. The molecule has 1 aromatic rings. The van der Waals surface area contributed by atoms with E-state index in [-0.39, 0.29) is 5.78 Å². The summed E-state index contributed by atoms with van der Waals surface area (Å²) in [5.41, 5.74) is 0.762. The van der Waals surface area contributed by atoms with Crippen molar-refractivity contribution in [2.75, 3.05) is 32.7 Å². The second kappa shape index (κ2) is 5.61. The largest absolute Gasteiger partial charge is 0.298 e. The fourth-order valence-corrected chi connectivity index (χ4v) is 3.26. The molecule has 0 aromatic heterocycles. The zero-order chi connectivity index (χ0) is 13.2. The van der Waals surface area contributed by atoms with Crippen molar-refractivity contribution in [3.8, 4) is 0 Å². The standard InChI is InChI=1S/C15H19ClN2O/c16-13-5-3-12(4-6-13)15(19)11-17-8-9-18-7-1-2-14(18)10-17/h3-6,14H,1-2,7-11H2. The molecule has 102 valence electrons. The number of hydrogen-bond donors (Lipinski definition) is 0. The molecule has 2 heterocycles. The minimum atomic E-state index is 0.197. The minimum absolute atomic E-state index is 0.197. The first-order chi connectivity index (χ1) is 9.22. The van der Waals surface area contributed by atoms with E-state index in [1.807, 2.05) is 12.1 Å². The molecule has 0 amide bonds. The molecule has 2 aliphatic rings. The average molecular weight is 279 g/mol. The number of fused-ring (bicyclic) bond motifs is 1. The summed E-state index contributed by atoms with van der Waals surface area (Å²) < 4.78 is 0. The van der Waals surface area contributed by atoms with Crippen molar-refractivity contribution in [3.63, 3.8) is 0 Å². The van der Waals surface area contributed by atoms with Crippen LogP contribution in [0.25, 0.3) is 0 Å². The maximum Gasteiger partial charge on any atom is 0.176 e. The molecule has 2 saturated heterocycles. The van der Waals surface area contributed by atoms with Crippen LogP contribution in [0.15, 0.2) is 24.3 Å². The Labute approximate surface area is 119 Å². The van der Waals surface area contributed by atoms with Crippen LogP contribution in [0.3, 0.4) is 0 Å². The van der Waals surface area contributed by atoms with Crippen molar-refractivity contribution in [2.45, 2.75) is 18.9 Å². The van der Waals surface area contributed by atoms with Gasteiger partial charge in [0.1, 0.15) is 0 Å². The van der Waals surface area contributed by atoms with E-state index in [0.29, 0.717) is 17.6 Å². The zero-order valence-corrected chi connectivity index (χ0v) is 11.8. The highest BCUT2D eigenvalue weighted by Crippen LogP contribution is 2.21. The molecule has 2 aliphatic heterocycles. The van der Waals surface area contributed by atoms with Gasteiger partial charge in [-0.25, -0.2) is 0 Å². The number of carbonyl (C=O) groups excluding carboxylic acids is 1. The van der Waals surface area contributed by atoms with Crippen molar-refractivity contribution in [1.82, 2.24) is 9.80 Å². The van der Waals surface area contributed by atoms with Gasteiger partial charge < -0.3 is 0 Å². The molecule has 0 radical (unpaired) electrons. The molecule has 0 bridgehead atoms. The number of nitrogens with zero attached hydrogens (tertiary/aromatic N) is 2. The topological polar surface area (TPSA) is 23.6 Å². The molecular weight excluding hydrogens is 260 g/mol. The molecule has 0 aliphatic carbocycles. The summed E-state index contributed by atoms with van der Waals surface area (Å²) in [7, 11) is 0. The molecule has 1 unspecified atom stereocenters. The van der Waals surface area contributed by atoms with E-state index in [2.05, 4.69) is 9.80 Å². The SMILES string of the molecule is O=C(CN1CCN2CCCC2C1)c1ccc(Cl)cc1. The second-order valence-electron chi connectivity index (χ2n) is 5.50. The summed E-state index contributed by atoms with van der Waals surface area (Å²) in [4.78, 5) is 17.1. The highest BCUT2D eigenvalue weighted by Gasteiger charge is 2.31. The number of Topliss-reactive ketones (excluding diaryl/α,β-unsaturated/α-hetero) is 1. The first-order valence-corrected chi connectivity index (χ1v) is 7.35. The summed E-state index contributed by atoms with van der Waals surface area (Å²) >= 11 is 5.84. The van der Waals surface area contributed by atoms with Crippen LogP contribution in [0.4, 0.5) is 0 Å². The van der Waals surface area contributed by atoms with E-state index in [1.165, 1.54) is 19.4 Å². The highest BCUT2D eigenvalue weighted by molar-refractivity contribution is 6.30. The van der Waals surface area contributed by atoms with Crippen LogP contribution in [-0.4, -0.2) is 54.3 Å². The van der Waals surface area contributed by atoms with Crippen molar-refractivity contribution in [2.24, 2.45) is 0 Å². The van der Waals surface area contributed by atoms with Gasteiger partial charge in [0, 0.05) is 36.3 Å². The van der Waals surface area contributed by atoms with Crippen LogP contribution in [-0.2, 0) is 0 Å². The van der Waals surface area contributed by atoms with Gasteiger partial charge in [-0.2, -0.15) is 0 Å². The van der Waals surface area contributed by atoms with E-state index in [4.69, 9.17) is 11.6 Å². The number of halogens is 1. The fraction of sp³-hybridized carbons (Fsp3) is 0.533. The van der Waals surface area contributed by atoms with Gasteiger partial charge in [-0.3, -0.25) is 14.6 Å². The van der Waals surface area contributed by atoms with Gasteiger partial charge in [0.15, 0.2) is 5.78 Å². The quantitative estimate of drug-likeness (QED) is 0.793. The molecular formula is C15H19ClN2O. The Kier molecular flexibility index (Phi) is 3.87. The molecule has 0 N–H and O–H groups in total. The van der Waals surface area contributed by atoms with Crippen LogP contribution in [0.2, 0.25) is 5.02 Å². The van der Waals surface area contributed by atoms with Crippen molar-refractivity contribution in [1.29, 1.82) is 0 Å². The predicted octanol–water partition coefficient (Wildman–Crippen LogP) is 2.30. The summed E-state index contributed by atoms with van der Waals surface area (Å²) in [5, 5.41) is 0.677. The average Bonchev–Trinajstić information content (AvgIpc) is 2.87.